The molecule has 1 aromatic heterocycles. The maximum atomic E-state index is 14.5. The van der Waals surface area contributed by atoms with E-state index < -0.39 is 41.9 Å². The predicted octanol–water partition coefficient (Wildman–Crippen LogP) is 4.82. The average Bonchev–Trinajstić information content (AvgIpc) is 3.57. The smallest absolute Gasteiger partial charge is 0.387 e. The van der Waals surface area contributed by atoms with Gasteiger partial charge in [-0.1, -0.05) is 6.07 Å². The van der Waals surface area contributed by atoms with Gasteiger partial charge in [0.05, 0.1) is 12.6 Å². The van der Waals surface area contributed by atoms with Crippen LogP contribution in [0.5, 0.6) is 11.5 Å². The molecule has 1 saturated carbocycles. The van der Waals surface area contributed by atoms with Crippen molar-refractivity contribution in [3.63, 3.8) is 0 Å². The number of amides is 1. The van der Waals surface area contributed by atoms with Gasteiger partial charge in [0.1, 0.15) is 11.6 Å². The monoisotopic (exact) mass is 537 g/mol. The van der Waals surface area contributed by atoms with Crippen LogP contribution in [0.3, 0.4) is 0 Å². The summed E-state index contributed by atoms with van der Waals surface area (Å²) < 4.78 is 69.6. The van der Waals surface area contributed by atoms with Crippen molar-refractivity contribution in [1.29, 1.82) is 0 Å². The van der Waals surface area contributed by atoms with Gasteiger partial charge in [0.2, 0.25) is 12.3 Å². The molecule has 2 atom stereocenters. The van der Waals surface area contributed by atoms with Crippen molar-refractivity contribution >= 4 is 18.2 Å². The van der Waals surface area contributed by atoms with Crippen molar-refractivity contribution in [3.8, 4) is 23.0 Å². The second kappa shape index (κ2) is 11.1. The minimum atomic E-state index is -3.09. The number of nitrogens with two attached hydrogens (primary N) is 1. The van der Waals surface area contributed by atoms with E-state index in [2.05, 4.69) is 9.72 Å². The molecule has 9 nitrogen and oxygen atoms in total. The number of halogens is 4. The highest BCUT2D eigenvalue weighted by Gasteiger charge is 2.35. The molecule has 1 aliphatic carbocycles. The van der Waals surface area contributed by atoms with Gasteiger partial charge in [0.25, 0.3) is 0 Å². The molecule has 3 aromatic rings. The Bertz CT molecular complexity index is 1330. The van der Waals surface area contributed by atoms with E-state index in [9.17, 15) is 32.3 Å². The number of alkyl halides is 2. The minimum Gasteiger partial charge on any atom is -0.489 e. The van der Waals surface area contributed by atoms with E-state index in [1.54, 1.807) is 0 Å². The summed E-state index contributed by atoms with van der Waals surface area (Å²) in [6, 6.07) is 3.31. The molecular weight excluding hydrogens is 514 g/mol. The molecule has 4 rings (SSSR count). The quantitative estimate of drug-likeness (QED) is 0.249. The average molecular weight is 537 g/mol. The van der Waals surface area contributed by atoms with Crippen molar-refractivity contribution in [2.75, 3.05) is 11.5 Å². The van der Waals surface area contributed by atoms with Crippen molar-refractivity contribution in [2.24, 2.45) is 11.7 Å². The summed E-state index contributed by atoms with van der Waals surface area (Å²) >= 11 is 0. The fourth-order valence-corrected chi connectivity index (χ4v) is 3.73. The molecule has 38 heavy (non-hydrogen) atoms. The zero-order valence-electron chi connectivity index (χ0n) is 19.9. The minimum absolute atomic E-state index is 0.000774. The topological polar surface area (TPSA) is 128 Å². The number of carboxylic acid groups (broad SMARTS) is 1. The Kier molecular flexibility index (Phi) is 7.86. The number of hydrogen-bond donors (Lipinski definition) is 2. The zero-order valence-corrected chi connectivity index (χ0v) is 19.9. The summed E-state index contributed by atoms with van der Waals surface area (Å²) in [5.74, 6) is -4.26. The zero-order chi connectivity index (χ0) is 27.6. The molecule has 2 aromatic carbocycles. The summed E-state index contributed by atoms with van der Waals surface area (Å²) in [4.78, 5) is 29.1. The van der Waals surface area contributed by atoms with Crippen LogP contribution in [0.15, 0.2) is 40.8 Å². The van der Waals surface area contributed by atoms with E-state index in [1.807, 2.05) is 0 Å². The first-order valence-electron chi connectivity index (χ1n) is 11.5. The lowest BCUT2D eigenvalue weighted by Crippen LogP contribution is -2.35. The van der Waals surface area contributed by atoms with Gasteiger partial charge in [0.15, 0.2) is 29.1 Å². The van der Waals surface area contributed by atoms with E-state index in [0.717, 1.165) is 25.0 Å². The molecule has 1 aliphatic rings. The number of carbonyl (C=O) groups excluding carboxylic acids is 1. The standard InChI is InChI=1S/C25H23F4N3O6/c1-12(30)21-22(32(11-33)20(24(34)35)16-6-5-15(26)9-17(16)27)31-23(38-21)14-4-7-18(37-25(28)29)19(8-14)36-10-13-2-3-13/h4-9,11-13,20,25H,2-3,10,30H2,1H3,(H,34,35)/t12-,20?/m0/s1. The highest BCUT2D eigenvalue weighted by atomic mass is 19.3. The van der Waals surface area contributed by atoms with Crippen molar-refractivity contribution in [3.05, 3.63) is 59.4 Å². The van der Waals surface area contributed by atoms with Gasteiger partial charge in [-0.05, 0) is 49.9 Å². The van der Waals surface area contributed by atoms with Crippen LogP contribution in [0.2, 0.25) is 0 Å². The van der Waals surface area contributed by atoms with E-state index in [4.69, 9.17) is 14.9 Å². The van der Waals surface area contributed by atoms with Crippen LogP contribution >= 0.6 is 0 Å². The van der Waals surface area contributed by atoms with Crippen LogP contribution in [0.4, 0.5) is 23.4 Å². The molecule has 0 bridgehead atoms. The highest BCUT2D eigenvalue weighted by molar-refractivity contribution is 5.89. The Morgan fingerprint density at radius 2 is 1.97 bits per heavy atom. The SMILES string of the molecule is C[C@H](N)c1oc(-c2ccc(OC(F)F)c(OCC3CC3)c2)nc1N(C=O)C(C(=O)O)c1ccc(F)cc1F. The second-order valence-electron chi connectivity index (χ2n) is 8.71. The second-order valence-corrected chi connectivity index (χ2v) is 8.71. The van der Waals surface area contributed by atoms with Crippen molar-refractivity contribution < 1.29 is 46.1 Å². The predicted molar refractivity (Wildman–Crippen MR) is 125 cm³/mol. The van der Waals surface area contributed by atoms with Crippen LogP contribution in [-0.2, 0) is 9.59 Å². The van der Waals surface area contributed by atoms with Crippen molar-refractivity contribution in [2.45, 2.75) is 38.5 Å². The van der Waals surface area contributed by atoms with Gasteiger partial charge in [-0.15, -0.1) is 0 Å². The molecule has 202 valence electrons. The lowest BCUT2D eigenvalue weighted by molar-refractivity contribution is -0.139. The van der Waals surface area contributed by atoms with Gasteiger partial charge in [-0.2, -0.15) is 13.8 Å². The number of nitrogens with zero attached hydrogens (tertiary/aromatic N) is 2. The van der Waals surface area contributed by atoms with Crippen LogP contribution < -0.4 is 20.1 Å². The van der Waals surface area contributed by atoms with Gasteiger partial charge < -0.3 is 24.7 Å². The van der Waals surface area contributed by atoms with Crippen LogP contribution in [0, 0.1) is 17.6 Å². The van der Waals surface area contributed by atoms with Crippen LogP contribution in [0.25, 0.3) is 11.5 Å². The number of aliphatic carboxylic acids is 1. The highest BCUT2D eigenvalue weighted by Crippen LogP contribution is 2.39. The number of oxazole rings is 1. The van der Waals surface area contributed by atoms with E-state index in [0.29, 0.717) is 16.9 Å². The number of carboxylic acids is 1. The largest absolute Gasteiger partial charge is 0.489 e. The summed E-state index contributed by atoms with van der Waals surface area (Å²) in [5, 5.41) is 9.84. The maximum Gasteiger partial charge on any atom is 0.387 e. The molecule has 1 fully saturated rings. The Morgan fingerprint density at radius 3 is 2.55 bits per heavy atom. The van der Waals surface area contributed by atoms with Crippen LogP contribution in [-0.4, -0.2) is 35.7 Å². The van der Waals surface area contributed by atoms with E-state index in [1.165, 1.54) is 25.1 Å². The third kappa shape index (κ3) is 5.88. The Balaban J connectivity index is 1.77. The lowest BCUT2D eigenvalue weighted by atomic mass is 10.0. The van der Waals surface area contributed by atoms with Crippen LogP contribution in [0.1, 0.15) is 43.2 Å². The number of rotatable bonds is 12. The maximum absolute atomic E-state index is 14.5. The first-order chi connectivity index (χ1) is 18.1. The van der Waals surface area contributed by atoms with Gasteiger partial charge >= 0.3 is 12.6 Å². The molecule has 0 aliphatic heterocycles. The summed E-state index contributed by atoms with van der Waals surface area (Å²) in [7, 11) is 0. The van der Waals surface area contributed by atoms with E-state index >= 15 is 0 Å². The third-order valence-corrected chi connectivity index (χ3v) is 5.75. The fourth-order valence-electron chi connectivity index (χ4n) is 3.73. The summed E-state index contributed by atoms with van der Waals surface area (Å²) in [5.41, 5.74) is 5.70. The van der Waals surface area contributed by atoms with Gasteiger partial charge in [-0.25, -0.2) is 13.6 Å². The number of hydrogen-bond acceptors (Lipinski definition) is 7. The fraction of sp³-hybridized carbons (Fsp3) is 0.320. The number of benzene rings is 2. The van der Waals surface area contributed by atoms with Gasteiger partial charge in [0, 0.05) is 17.2 Å². The number of aromatic nitrogens is 1. The Morgan fingerprint density at radius 1 is 1.24 bits per heavy atom. The Labute approximate surface area is 213 Å². The molecule has 0 saturated heterocycles. The van der Waals surface area contributed by atoms with Crippen molar-refractivity contribution in [1.82, 2.24) is 4.98 Å². The normalized spacial score (nSPS) is 14.7. The third-order valence-electron chi connectivity index (χ3n) is 5.75. The molecule has 1 heterocycles. The Hall–Kier alpha value is -4.13. The summed E-state index contributed by atoms with van der Waals surface area (Å²) in [6.45, 7) is -1.33. The summed E-state index contributed by atoms with van der Waals surface area (Å²) in [6.07, 6.45) is 2.01. The molecule has 1 amide bonds. The van der Waals surface area contributed by atoms with Gasteiger partial charge in [-0.3, -0.25) is 9.69 Å². The molecular formula is C25H23F4N3O6. The number of carbonyl (C=O) groups is 2. The molecule has 3 N–H and O–H groups in total. The number of ether oxygens (including phenoxy) is 2. The lowest BCUT2D eigenvalue weighted by Gasteiger charge is -2.24. The first kappa shape index (κ1) is 26.9. The van der Waals surface area contributed by atoms with E-state index in [-0.39, 0.29) is 47.5 Å². The molecule has 0 radical (unpaired) electrons. The first-order valence-corrected chi connectivity index (χ1v) is 11.5. The molecule has 1 unspecified atom stereocenters. The molecule has 0 spiro atoms. The number of anilines is 1. The molecule has 13 heteroatoms.